The number of aliphatic hydroxyl groups is 1. The molecule has 3 heterocycles. The summed E-state index contributed by atoms with van der Waals surface area (Å²) in [6, 6.07) is 14.2. The summed E-state index contributed by atoms with van der Waals surface area (Å²) in [4.78, 5) is 30.1. The Morgan fingerprint density at radius 2 is 1.82 bits per heavy atom. The summed E-state index contributed by atoms with van der Waals surface area (Å²) in [5, 5.41) is 11.3. The molecule has 0 radical (unpaired) electrons. The number of hydrogen-bond acceptors (Lipinski definition) is 6. The minimum atomic E-state index is -0.645. The van der Waals surface area contributed by atoms with E-state index in [-0.39, 0.29) is 17.4 Å². The van der Waals surface area contributed by atoms with Gasteiger partial charge in [-0.3, -0.25) is 14.5 Å². The number of Topliss-reactive ketones (excluding diaryl/α,β-unsaturated/α-hetero) is 1. The van der Waals surface area contributed by atoms with Crippen LogP contribution in [0, 0.1) is 0 Å². The third-order valence-corrected chi connectivity index (χ3v) is 6.59. The second-order valence-electron chi connectivity index (χ2n) is 8.81. The van der Waals surface area contributed by atoms with Crippen molar-refractivity contribution in [1.82, 2.24) is 9.80 Å². The fraction of sp³-hybridized carbons (Fsp3) is 0.385. The molecule has 33 heavy (non-hydrogen) atoms. The summed E-state index contributed by atoms with van der Waals surface area (Å²) in [6.07, 6.45) is 0.819. The zero-order valence-electron chi connectivity index (χ0n) is 18.7. The van der Waals surface area contributed by atoms with E-state index in [9.17, 15) is 14.7 Å². The van der Waals surface area contributed by atoms with Gasteiger partial charge in [-0.15, -0.1) is 0 Å². The van der Waals surface area contributed by atoms with Crippen molar-refractivity contribution < 1.29 is 24.2 Å². The number of likely N-dealkylation sites (tertiary alicyclic amines) is 1. The molecule has 2 saturated heterocycles. The Labute approximate surface area is 193 Å². The van der Waals surface area contributed by atoms with Crippen LogP contribution >= 0.6 is 0 Å². The normalized spacial score (nSPS) is 24.7. The molecule has 3 aliphatic rings. The van der Waals surface area contributed by atoms with Crippen molar-refractivity contribution in [1.29, 1.82) is 0 Å². The zero-order valence-corrected chi connectivity index (χ0v) is 18.7. The number of ketones is 1. The van der Waals surface area contributed by atoms with Crippen molar-refractivity contribution in [3.8, 4) is 5.75 Å². The van der Waals surface area contributed by atoms with Gasteiger partial charge in [-0.05, 0) is 36.2 Å². The van der Waals surface area contributed by atoms with Gasteiger partial charge in [0.2, 0.25) is 0 Å². The molecule has 2 aromatic rings. The molecule has 7 heteroatoms. The molecule has 0 aromatic heterocycles. The average molecular weight is 449 g/mol. The van der Waals surface area contributed by atoms with Crippen LogP contribution in [0.15, 0.2) is 54.1 Å². The fourth-order valence-electron chi connectivity index (χ4n) is 4.89. The van der Waals surface area contributed by atoms with Gasteiger partial charge in [0.1, 0.15) is 17.6 Å². The Bertz CT molecular complexity index is 1090. The lowest BCUT2D eigenvalue weighted by Gasteiger charge is -2.31. The van der Waals surface area contributed by atoms with Gasteiger partial charge in [0.15, 0.2) is 0 Å². The molecule has 2 atom stereocenters. The highest BCUT2D eigenvalue weighted by molar-refractivity contribution is 6.46. The van der Waals surface area contributed by atoms with Crippen LogP contribution < -0.4 is 4.74 Å². The van der Waals surface area contributed by atoms with Crippen LogP contribution in [0.3, 0.4) is 0 Å². The maximum absolute atomic E-state index is 13.2. The molecule has 0 spiro atoms. The van der Waals surface area contributed by atoms with Crippen LogP contribution in [-0.4, -0.2) is 72.1 Å². The predicted octanol–water partition coefficient (Wildman–Crippen LogP) is 2.76. The highest BCUT2D eigenvalue weighted by Crippen LogP contribution is 2.40. The maximum atomic E-state index is 13.2. The molecule has 172 valence electrons. The highest BCUT2D eigenvalue weighted by Gasteiger charge is 2.46. The standard InChI is InChI=1S/C26H28N2O5/c1-17-15-20-16-19(7-8-21(20)33-17)24(29)22-23(18-5-3-2-4-6-18)28(26(31)25(22)30)10-9-27-11-13-32-14-12-27/h2-8,16-17,23,29H,9-15H2,1H3. The van der Waals surface area contributed by atoms with E-state index < -0.39 is 17.7 Å². The van der Waals surface area contributed by atoms with E-state index in [1.807, 2.05) is 49.4 Å². The Balaban J connectivity index is 1.51. The maximum Gasteiger partial charge on any atom is 0.295 e. The summed E-state index contributed by atoms with van der Waals surface area (Å²) in [7, 11) is 0. The number of carbonyl (C=O) groups excluding carboxylic acids is 2. The number of hydrogen-bond donors (Lipinski definition) is 1. The van der Waals surface area contributed by atoms with Gasteiger partial charge in [0.25, 0.3) is 11.7 Å². The van der Waals surface area contributed by atoms with E-state index in [0.717, 1.165) is 36.4 Å². The Morgan fingerprint density at radius 1 is 1.06 bits per heavy atom. The number of morpholine rings is 1. The summed E-state index contributed by atoms with van der Waals surface area (Å²) < 4.78 is 11.2. The molecule has 0 aliphatic carbocycles. The van der Waals surface area contributed by atoms with E-state index in [1.165, 1.54) is 0 Å². The van der Waals surface area contributed by atoms with Crippen LogP contribution in [0.2, 0.25) is 0 Å². The van der Waals surface area contributed by atoms with Crippen LogP contribution in [0.1, 0.15) is 29.7 Å². The summed E-state index contributed by atoms with van der Waals surface area (Å²) in [6.45, 7) is 5.98. The largest absolute Gasteiger partial charge is 0.507 e. The monoisotopic (exact) mass is 448 g/mol. The topological polar surface area (TPSA) is 79.3 Å². The van der Waals surface area contributed by atoms with Crippen molar-refractivity contribution in [2.24, 2.45) is 0 Å². The van der Waals surface area contributed by atoms with Gasteiger partial charge in [-0.25, -0.2) is 0 Å². The van der Waals surface area contributed by atoms with Crippen molar-refractivity contribution in [3.63, 3.8) is 0 Å². The van der Waals surface area contributed by atoms with Gasteiger partial charge in [0, 0.05) is 38.2 Å². The lowest BCUT2D eigenvalue weighted by molar-refractivity contribution is -0.140. The number of amides is 1. The minimum Gasteiger partial charge on any atom is -0.507 e. The van der Waals surface area contributed by atoms with E-state index in [1.54, 1.807) is 11.0 Å². The second kappa shape index (κ2) is 9.00. The Hall–Kier alpha value is -3.16. The first kappa shape index (κ1) is 21.7. The molecule has 2 unspecified atom stereocenters. The summed E-state index contributed by atoms with van der Waals surface area (Å²) in [5.41, 5.74) is 2.46. The molecule has 5 rings (SSSR count). The number of fused-ring (bicyclic) bond motifs is 1. The second-order valence-corrected chi connectivity index (χ2v) is 8.81. The van der Waals surface area contributed by atoms with E-state index >= 15 is 0 Å². The molecule has 0 saturated carbocycles. The first-order chi connectivity index (χ1) is 16.0. The van der Waals surface area contributed by atoms with Gasteiger partial charge >= 0.3 is 0 Å². The SMILES string of the molecule is CC1Cc2cc(C(O)=C3C(=O)C(=O)N(CCN4CCOCC4)C3c3ccccc3)ccc2O1. The van der Waals surface area contributed by atoms with Crippen LogP contribution in [-0.2, 0) is 20.7 Å². The van der Waals surface area contributed by atoms with Crippen LogP contribution in [0.4, 0.5) is 0 Å². The van der Waals surface area contributed by atoms with E-state index in [0.29, 0.717) is 31.9 Å². The fourth-order valence-corrected chi connectivity index (χ4v) is 4.89. The first-order valence-corrected chi connectivity index (χ1v) is 11.5. The van der Waals surface area contributed by atoms with Gasteiger partial charge < -0.3 is 19.5 Å². The molecule has 1 amide bonds. The van der Waals surface area contributed by atoms with E-state index in [4.69, 9.17) is 9.47 Å². The van der Waals surface area contributed by atoms with Gasteiger partial charge in [-0.1, -0.05) is 30.3 Å². The predicted molar refractivity (Wildman–Crippen MR) is 123 cm³/mol. The number of benzene rings is 2. The number of rotatable bonds is 5. The van der Waals surface area contributed by atoms with Crippen molar-refractivity contribution in [2.75, 3.05) is 39.4 Å². The van der Waals surface area contributed by atoms with Crippen molar-refractivity contribution in [3.05, 3.63) is 70.8 Å². The molecule has 1 N–H and O–H groups in total. The lowest BCUT2D eigenvalue weighted by Crippen LogP contribution is -2.42. The highest BCUT2D eigenvalue weighted by atomic mass is 16.5. The molecular weight excluding hydrogens is 420 g/mol. The number of nitrogens with zero attached hydrogens (tertiary/aromatic N) is 2. The molecule has 3 aliphatic heterocycles. The zero-order chi connectivity index (χ0) is 22.9. The molecule has 0 bridgehead atoms. The number of aliphatic hydroxyl groups excluding tert-OH is 1. The molecule has 7 nitrogen and oxygen atoms in total. The van der Waals surface area contributed by atoms with Crippen molar-refractivity contribution >= 4 is 17.4 Å². The first-order valence-electron chi connectivity index (χ1n) is 11.5. The van der Waals surface area contributed by atoms with Crippen LogP contribution in [0.25, 0.3) is 5.76 Å². The van der Waals surface area contributed by atoms with Crippen molar-refractivity contribution in [2.45, 2.75) is 25.5 Å². The molecular formula is C26H28N2O5. The van der Waals surface area contributed by atoms with Gasteiger partial charge in [-0.2, -0.15) is 0 Å². The molecule has 2 aromatic carbocycles. The Kier molecular flexibility index (Phi) is 5.91. The lowest BCUT2D eigenvalue weighted by atomic mass is 9.94. The van der Waals surface area contributed by atoms with Crippen LogP contribution in [0.5, 0.6) is 5.75 Å². The summed E-state index contributed by atoms with van der Waals surface area (Å²) >= 11 is 0. The smallest absolute Gasteiger partial charge is 0.295 e. The average Bonchev–Trinajstić information content (AvgIpc) is 3.34. The molecule has 2 fully saturated rings. The Morgan fingerprint density at radius 3 is 2.58 bits per heavy atom. The quantitative estimate of drug-likeness (QED) is 0.431. The third-order valence-electron chi connectivity index (χ3n) is 6.59. The van der Waals surface area contributed by atoms with Gasteiger partial charge in [0.05, 0.1) is 24.8 Å². The third kappa shape index (κ3) is 4.14. The number of carbonyl (C=O) groups is 2. The summed E-state index contributed by atoms with van der Waals surface area (Å²) in [5.74, 6) is -0.562. The number of ether oxygens (including phenoxy) is 2. The minimum absolute atomic E-state index is 0.0764. The van der Waals surface area contributed by atoms with E-state index in [2.05, 4.69) is 4.90 Å².